The molecular formula is C19H17ClFNO6. The van der Waals surface area contributed by atoms with E-state index in [1.165, 1.54) is 44.4 Å². The van der Waals surface area contributed by atoms with Gasteiger partial charge in [0.15, 0.2) is 24.2 Å². The zero-order chi connectivity index (χ0) is 20.7. The molecule has 0 spiro atoms. The first-order chi connectivity index (χ1) is 13.3. The minimum Gasteiger partial charge on any atom is -0.493 e. The van der Waals surface area contributed by atoms with Gasteiger partial charge < -0.3 is 19.5 Å². The number of methoxy groups -OCH3 is 1. The molecule has 0 aliphatic carbocycles. The monoisotopic (exact) mass is 409 g/mol. The molecular weight excluding hydrogens is 393 g/mol. The van der Waals surface area contributed by atoms with Crippen molar-refractivity contribution in [2.24, 2.45) is 0 Å². The number of amides is 1. The minimum atomic E-state index is -1.19. The fourth-order valence-corrected chi connectivity index (χ4v) is 2.28. The third kappa shape index (κ3) is 5.68. The van der Waals surface area contributed by atoms with E-state index in [0.29, 0.717) is 11.8 Å². The van der Waals surface area contributed by atoms with E-state index in [1.807, 2.05) is 0 Å². The third-order valence-corrected chi connectivity index (χ3v) is 3.77. The summed E-state index contributed by atoms with van der Waals surface area (Å²) in [6.07, 6.45) is -0.546. The fraction of sp³-hybridized carbons (Fsp3) is 0.211. The van der Waals surface area contributed by atoms with Gasteiger partial charge in [-0.15, -0.1) is 0 Å². The largest absolute Gasteiger partial charge is 0.493 e. The number of carbonyl (C=O) groups is 3. The van der Waals surface area contributed by atoms with Crippen molar-refractivity contribution in [2.75, 3.05) is 19.0 Å². The molecule has 0 unspecified atom stereocenters. The van der Waals surface area contributed by atoms with Crippen molar-refractivity contribution in [1.29, 1.82) is 0 Å². The van der Waals surface area contributed by atoms with Crippen LogP contribution in [0.5, 0.6) is 11.5 Å². The van der Waals surface area contributed by atoms with E-state index >= 15 is 0 Å². The number of anilines is 1. The Labute approximate surface area is 165 Å². The molecule has 1 amide bonds. The standard InChI is InChI=1S/C19H17ClFNO6/c1-11(19(25)22-15-5-4-13(20)8-14(15)21)28-18(24)10-27-16-6-3-12(9-23)7-17(16)26-2/h3-9,11H,10H2,1-2H3,(H,22,25)/t11-/m0/s1. The van der Waals surface area contributed by atoms with Gasteiger partial charge in [-0.25, -0.2) is 9.18 Å². The topological polar surface area (TPSA) is 90.9 Å². The quantitative estimate of drug-likeness (QED) is 0.531. The van der Waals surface area contributed by atoms with E-state index in [9.17, 15) is 18.8 Å². The van der Waals surface area contributed by atoms with E-state index < -0.39 is 30.4 Å². The van der Waals surface area contributed by atoms with Crippen molar-refractivity contribution in [3.63, 3.8) is 0 Å². The second kappa shape index (κ2) is 9.70. The molecule has 0 aliphatic heterocycles. The lowest BCUT2D eigenvalue weighted by molar-refractivity contribution is -0.155. The molecule has 0 bridgehead atoms. The van der Waals surface area contributed by atoms with Crippen LogP contribution in [0.2, 0.25) is 5.02 Å². The highest BCUT2D eigenvalue weighted by Gasteiger charge is 2.20. The summed E-state index contributed by atoms with van der Waals surface area (Å²) in [6, 6.07) is 8.16. The molecule has 1 atom stereocenters. The molecule has 2 aromatic carbocycles. The van der Waals surface area contributed by atoms with E-state index in [4.69, 9.17) is 25.8 Å². The molecule has 0 saturated heterocycles. The number of ether oxygens (including phenoxy) is 3. The predicted molar refractivity (Wildman–Crippen MR) is 99.5 cm³/mol. The number of nitrogens with one attached hydrogen (secondary N) is 1. The van der Waals surface area contributed by atoms with Gasteiger partial charge in [0, 0.05) is 10.6 Å². The van der Waals surface area contributed by atoms with Gasteiger partial charge in [0.2, 0.25) is 0 Å². The summed E-state index contributed by atoms with van der Waals surface area (Å²) >= 11 is 5.65. The minimum absolute atomic E-state index is 0.0893. The summed E-state index contributed by atoms with van der Waals surface area (Å²) in [5.41, 5.74) is 0.292. The highest BCUT2D eigenvalue weighted by Crippen LogP contribution is 2.27. The van der Waals surface area contributed by atoms with Crippen molar-refractivity contribution in [1.82, 2.24) is 0 Å². The second-order valence-electron chi connectivity index (χ2n) is 5.56. The highest BCUT2D eigenvalue weighted by molar-refractivity contribution is 6.30. The van der Waals surface area contributed by atoms with Crippen molar-refractivity contribution >= 4 is 35.5 Å². The SMILES string of the molecule is COc1cc(C=O)ccc1OCC(=O)O[C@@H](C)C(=O)Nc1ccc(Cl)cc1F. The molecule has 0 radical (unpaired) electrons. The van der Waals surface area contributed by atoms with E-state index in [-0.39, 0.29) is 22.2 Å². The molecule has 0 aliphatic rings. The number of aldehydes is 1. The maximum absolute atomic E-state index is 13.7. The summed E-state index contributed by atoms with van der Waals surface area (Å²) < 4.78 is 29.1. The Hall–Kier alpha value is -3.13. The molecule has 9 heteroatoms. The molecule has 28 heavy (non-hydrogen) atoms. The maximum atomic E-state index is 13.7. The average Bonchev–Trinajstić information content (AvgIpc) is 2.68. The van der Waals surface area contributed by atoms with Crippen molar-refractivity contribution in [3.8, 4) is 11.5 Å². The van der Waals surface area contributed by atoms with E-state index in [0.717, 1.165) is 6.07 Å². The van der Waals surface area contributed by atoms with Gasteiger partial charge in [0.25, 0.3) is 5.91 Å². The predicted octanol–water partition coefficient (Wildman–Crippen LogP) is 3.25. The van der Waals surface area contributed by atoms with Crippen LogP contribution < -0.4 is 14.8 Å². The zero-order valence-corrected chi connectivity index (χ0v) is 15.8. The van der Waals surface area contributed by atoms with Gasteiger partial charge in [0.1, 0.15) is 12.1 Å². The number of carbonyl (C=O) groups excluding carboxylic acids is 3. The van der Waals surface area contributed by atoms with Crippen LogP contribution in [0.15, 0.2) is 36.4 Å². The first-order valence-corrected chi connectivity index (χ1v) is 8.43. The van der Waals surface area contributed by atoms with Crippen molar-refractivity contribution in [3.05, 3.63) is 52.8 Å². The summed E-state index contributed by atoms with van der Waals surface area (Å²) in [5.74, 6) is -1.76. The Morgan fingerprint density at radius 2 is 1.96 bits per heavy atom. The average molecular weight is 410 g/mol. The number of halogens is 2. The summed E-state index contributed by atoms with van der Waals surface area (Å²) in [5, 5.41) is 2.49. The molecule has 148 valence electrons. The number of benzene rings is 2. The molecule has 2 rings (SSSR count). The van der Waals surface area contributed by atoms with Crippen LogP contribution in [0.4, 0.5) is 10.1 Å². The van der Waals surface area contributed by atoms with Crippen LogP contribution in [0.3, 0.4) is 0 Å². The Balaban J connectivity index is 1.90. The van der Waals surface area contributed by atoms with Gasteiger partial charge in [-0.2, -0.15) is 0 Å². The molecule has 7 nitrogen and oxygen atoms in total. The van der Waals surface area contributed by atoms with Gasteiger partial charge in [-0.05, 0) is 43.3 Å². The van der Waals surface area contributed by atoms with Crippen LogP contribution in [0.1, 0.15) is 17.3 Å². The molecule has 0 saturated carbocycles. The zero-order valence-electron chi connectivity index (χ0n) is 15.0. The van der Waals surface area contributed by atoms with Crippen molar-refractivity contribution < 1.29 is 33.0 Å². The second-order valence-corrected chi connectivity index (χ2v) is 6.00. The number of hydrogen-bond donors (Lipinski definition) is 1. The fourth-order valence-electron chi connectivity index (χ4n) is 2.12. The van der Waals surface area contributed by atoms with Crippen LogP contribution in [-0.2, 0) is 14.3 Å². The number of hydrogen-bond acceptors (Lipinski definition) is 6. The molecule has 0 fully saturated rings. The lowest BCUT2D eigenvalue weighted by atomic mass is 10.2. The molecule has 0 aromatic heterocycles. The summed E-state index contributed by atoms with van der Waals surface area (Å²) in [6.45, 7) is 0.838. The summed E-state index contributed by atoms with van der Waals surface area (Å²) in [7, 11) is 1.39. The van der Waals surface area contributed by atoms with Crippen LogP contribution in [-0.4, -0.2) is 38.0 Å². The van der Waals surface area contributed by atoms with Gasteiger partial charge in [-0.1, -0.05) is 11.6 Å². The van der Waals surface area contributed by atoms with Crippen LogP contribution >= 0.6 is 11.6 Å². The maximum Gasteiger partial charge on any atom is 0.344 e. The lowest BCUT2D eigenvalue weighted by Crippen LogP contribution is -2.32. The van der Waals surface area contributed by atoms with Gasteiger partial charge in [-0.3, -0.25) is 9.59 Å². The molecule has 2 aromatic rings. The molecule has 0 heterocycles. The smallest absolute Gasteiger partial charge is 0.344 e. The lowest BCUT2D eigenvalue weighted by Gasteiger charge is -2.15. The van der Waals surface area contributed by atoms with Crippen LogP contribution in [0.25, 0.3) is 0 Å². The summed E-state index contributed by atoms with van der Waals surface area (Å²) in [4.78, 5) is 34.7. The van der Waals surface area contributed by atoms with Gasteiger partial charge >= 0.3 is 5.97 Å². The first kappa shape index (κ1) is 21.2. The van der Waals surface area contributed by atoms with Crippen LogP contribution in [0, 0.1) is 5.82 Å². The Bertz CT molecular complexity index is 889. The Morgan fingerprint density at radius 1 is 1.21 bits per heavy atom. The Morgan fingerprint density at radius 3 is 2.61 bits per heavy atom. The van der Waals surface area contributed by atoms with E-state index in [2.05, 4.69) is 5.32 Å². The number of rotatable bonds is 8. The Kier molecular flexibility index (Phi) is 7.34. The third-order valence-electron chi connectivity index (χ3n) is 3.54. The number of esters is 1. The van der Waals surface area contributed by atoms with Gasteiger partial charge in [0.05, 0.1) is 12.8 Å². The highest BCUT2D eigenvalue weighted by atomic mass is 35.5. The molecule has 1 N–H and O–H groups in total. The first-order valence-electron chi connectivity index (χ1n) is 8.05. The normalized spacial score (nSPS) is 11.3. The van der Waals surface area contributed by atoms with Crippen molar-refractivity contribution in [2.45, 2.75) is 13.0 Å². The van der Waals surface area contributed by atoms with E-state index in [1.54, 1.807) is 0 Å².